The second-order valence-electron chi connectivity index (χ2n) is 11.8. The lowest BCUT2D eigenvalue weighted by Gasteiger charge is -2.33. The number of nitrogens with zero attached hydrogens (tertiary/aromatic N) is 3. The van der Waals surface area contributed by atoms with Gasteiger partial charge in [-0.25, -0.2) is 5.01 Å². The van der Waals surface area contributed by atoms with E-state index in [9.17, 15) is 0 Å². The lowest BCUT2D eigenvalue weighted by molar-refractivity contribution is 0.582. The first-order valence-electron chi connectivity index (χ1n) is 12.7. The molecule has 0 N–H and O–H groups in total. The Bertz CT molecular complexity index is 953. The fraction of sp³-hybridized carbons (Fsp3) is 0.567. The van der Waals surface area contributed by atoms with Crippen LogP contribution in [0.1, 0.15) is 122 Å². The van der Waals surface area contributed by atoms with Crippen LogP contribution in [0.4, 0.5) is 11.4 Å². The summed E-state index contributed by atoms with van der Waals surface area (Å²) in [6, 6.07) is 13.6. The average Bonchev–Trinajstić information content (AvgIpc) is 3.17. The number of benzene rings is 2. The highest BCUT2D eigenvalue weighted by atomic mass is 15.6. The Morgan fingerprint density at radius 3 is 1.33 bits per heavy atom. The minimum Gasteiger partial charge on any atom is -0.307 e. The summed E-state index contributed by atoms with van der Waals surface area (Å²) in [6.07, 6.45) is 0. The Kier molecular flexibility index (Phi) is 7.31. The van der Waals surface area contributed by atoms with Gasteiger partial charge in [-0.2, -0.15) is 5.10 Å². The molecule has 1 aliphatic heterocycles. The van der Waals surface area contributed by atoms with Crippen molar-refractivity contribution >= 4 is 17.2 Å². The van der Waals surface area contributed by atoms with E-state index in [1.807, 2.05) is 0 Å². The first kappa shape index (κ1) is 25.3. The first-order chi connectivity index (χ1) is 15.3. The Labute approximate surface area is 202 Å². The zero-order chi connectivity index (χ0) is 24.7. The monoisotopic (exact) mass is 447 g/mol. The largest absolute Gasteiger partial charge is 0.307 e. The maximum absolute atomic E-state index is 5.35. The quantitative estimate of drug-likeness (QED) is 0.440. The summed E-state index contributed by atoms with van der Waals surface area (Å²) in [5, 5.41) is 7.63. The predicted molar refractivity (Wildman–Crippen MR) is 146 cm³/mol. The summed E-state index contributed by atoms with van der Waals surface area (Å²) in [5.41, 5.74) is 8.13. The standard InChI is InChI=1S/C30H45N3/c1-19(2)23-14-12-15-24(20(3)4)27(23)32-18-33(31-29(32)30(9,10)11)28-25(21(5)6)16-13-17-26(28)22(7)8/h12-17,19-22H,18H2,1-11H3. The normalized spacial score (nSPS) is 14.9. The first-order valence-corrected chi connectivity index (χ1v) is 12.7. The number of rotatable bonds is 6. The van der Waals surface area contributed by atoms with Crippen LogP contribution in [0.2, 0.25) is 0 Å². The summed E-state index contributed by atoms with van der Waals surface area (Å²) in [6.45, 7) is 26.0. The van der Waals surface area contributed by atoms with Crippen LogP contribution >= 0.6 is 0 Å². The minimum absolute atomic E-state index is 0.0716. The van der Waals surface area contributed by atoms with Crippen LogP contribution in [0.5, 0.6) is 0 Å². The van der Waals surface area contributed by atoms with Crippen molar-refractivity contribution in [3.8, 4) is 0 Å². The molecule has 0 saturated heterocycles. The van der Waals surface area contributed by atoms with Crippen molar-refractivity contribution in [3.05, 3.63) is 58.7 Å². The predicted octanol–water partition coefficient (Wildman–Crippen LogP) is 8.82. The zero-order valence-corrected chi connectivity index (χ0v) is 22.8. The molecule has 0 spiro atoms. The SMILES string of the molecule is CC(C)c1cccc(C(C)C)c1N1CN(c2c(C(C)C)cccc2C(C)C)C(C(C)(C)C)=N1. The number of amidine groups is 1. The highest BCUT2D eigenvalue weighted by Crippen LogP contribution is 2.43. The zero-order valence-electron chi connectivity index (χ0n) is 22.8. The van der Waals surface area contributed by atoms with E-state index in [1.165, 1.54) is 33.6 Å². The molecule has 180 valence electrons. The lowest BCUT2D eigenvalue weighted by atomic mass is 9.89. The van der Waals surface area contributed by atoms with Crippen molar-refractivity contribution in [3.63, 3.8) is 0 Å². The van der Waals surface area contributed by atoms with Crippen LogP contribution < -0.4 is 9.91 Å². The molecule has 3 heteroatoms. The molecule has 2 aromatic rings. The lowest BCUT2D eigenvalue weighted by Crippen LogP contribution is -2.39. The Hall–Kier alpha value is -2.29. The summed E-state index contributed by atoms with van der Waals surface area (Å²) < 4.78 is 0. The molecule has 33 heavy (non-hydrogen) atoms. The third-order valence-corrected chi connectivity index (χ3v) is 6.63. The summed E-state index contributed by atoms with van der Waals surface area (Å²) in [5.74, 6) is 2.92. The van der Waals surface area contributed by atoms with E-state index in [2.05, 4.69) is 122 Å². The number of anilines is 2. The number of hydrazone groups is 1. The molecule has 1 heterocycles. The number of para-hydroxylation sites is 2. The summed E-state index contributed by atoms with van der Waals surface area (Å²) in [7, 11) is 0. The molecule has 3 nitrogen and oxygen atoms in total. The van der Waals surface area contributed by atoms with Crippen molar-refractivity contribution in [1.29, 1.82) is 0 Å². The van der Waals surface area contributed by atoms with Gasteiger partial charge in [-0.15, -0.1) is 0 Å². The van der Waals surface area contributed by atoms with Crippen LogP contribution in [0, 0.1) is 5.41 Å². The van der Waals surface area contributed by atoms with Gasteiger partial charge in [0.25, 0.3) is 0 Å². The van der Waals surface area contributed by atoms with Gasteiger partial charge in [-0.1, -0.05) is 113 Å². The number of hydrogen-bond acceptors (Lipinski definition) is 3. The topological polar surface area (TPSA) is 18.8 Å². The van der Waals surface area contributed by atoms with Crippen molar-refractivity contribution in [2.45, 2.75) is 99.8 Å². The average molecular weight is 448 g/mol. The van der Waals surface area contributed by atoms with E-state index in [1.54, 1.807) is 0 Å². The Balaban J connectivity index is 2.25. The third-order valence-electron chi connectivity index (χ3n) is 6.63. The molecular weight excluding hydrogens is 402 g/mol. The minimum atomic E-state index is -0.0716. The Morgan fingerprint density at radius 2 is 1.00 bits per heavy atom. The maximum Gasteiger partial charge on any atom is 0.136 e. The van der Waals surface area contributed by atoms with E-state index >= 15 is 0 Å². The molecule has 0 unspecified atom stereocenters. The van der Waals surface area contributed by atoms with Crippen LogP contribution in [0.25, 0.3) is 0 Å². The molecule has 0 bridgehead atoms. The molecule has 0 aliphatic carbocycles. The maximum atomic E-state index is 5.35. The van der Waals surface area contributed by atoms with Gasteiger partial charge in [0.2, 0.25) is 0 Å². The number of hydrogen-bond donors (Lipinski definition) is 0. The van der Waals surface area contributed by atoms with E-state index in [0.717, 1.165) is 12.5 Å². The molecular formula is C30H45N3. The van der Waals surface area contributed by atoms with Gasteiger partial charge in [-0.3, -0.25) is 0 Å². The second kappa shape index (κ2) is 9.52. The van der Waals surface area contributed by atoms with Crippen LogP contribution in [0.3, 0.4) is 0 Å². The van der Waals surface area contributed by atoms with Crippen molar-refractivity contribution < 1.29 is 0 Å². The molecule has 0 aromatic heterocycles. The van der Waals surface area contributed by atoms with Gasteiger partial charge in [0.15, 0.2) is 0 Å². The van der Waals surface area contributed by atoms with Crippen LogP contribution in [0.15, 0.2) is 41.5 Å². The van der Waals surface area contributed by atoms with Gasteiger partial charge in [0.1, 0.15) is 12.5 Å². The Morgan fingerprint density at radius 1 is 0.636 bits per heavy atom. The molecule has 0 atom stereocenters. The molecule has 3 rings (SSSR count). The fourth-order valence-electron chi connectivity index (χ4n) is 4.89. The van der Waals surface area contributed by atoms with Crippen molar-refractivity contribution in [2.24, 2.45) is 10.5 Å². The third kappa shape index (κ3) is 4.98. The molecule has 0 radical (unpaired) electrons. The van der Waals surface area contributed by atoms with Crippen LogP contribution in [-0.4, -0.2) is 12.5 Å². The molecule has 1 aliphatic rings. The molecule has 0 amide bonds. The van der Waals surface area contributed by atoms with E-state index in [0.29, 0.717) is 23.7 Å². The molecule has 2 aromatic carbocycles. The fourth-order valence-corrected chi connectivity index (χ4v) is 4.89. The molecule has 0 fully saturated rings. The van der Waals surface area contributed by atoms with Crippen LogP contribution in [-0.2, 0) is 0 Å². The van der Waals surface area contributed by atoms with E-state index in [-0.39, 0.29) is 5.41 Å². The van der Waals surface area contributed by atoms with Crippen molar-refractivity contribution in [2.75, 3.05) is 16.6 Å². The molecule has 0 saturated carbocycles. The van der Waals surface area contributed by atoms with Gasteiger partial charge in [-0.05, 0) is 45.9 Å². The van der Waals surface area contributed by atoms with E-state index < -0.39 is 0 Å². The second-order valence-corrected chi connectivity index (χ2v) is 11.8. The van der Waals surface area contributed by atoms with Gasteiger partial charge in [0, 0.05) is 5.41 Å². The highest BCUT2D eigenvalue weighted by Gasteiger charge is 2.37. The van der Waals surface area contributed by atoms with Gasteiger partial charge < -0.3 is 4.90 Å². The summed E-state index contributed by atoms with van der Waals surface area (Å²) >= 11 is 0. The van der Waals surface area contributed by atoms with Gasteiger partial charge in [0.05, 0.1) is 11.4 Å². The highest BCUT2D eigenvalue weighted by molar-refractivity contribution is 6.05. The van der Waals surface area contributed by atoms with E-state index in [4.69, 9.17) is 5.10 Å². The smallest absolute Gasteiger partial charge is 0.136 e. The van der Waals surface area contributed by atoms with Gasteiger partial charge >= 0.3 is 0 Å². The summed E-state index contributed by atoms with van der Waals surface area (Å²) in [4.78, 5) is 2.51. The van der Waals surface area contributed by atoms with Crippen molar-refractivity contribution in [1.82, 2.24) is 0 Å².